The molecule has 1 fully saturated rings. The molecule has 1 aliphatic rings. The number of carbonyl (C=O) groups is 1. The quantitative estimate of drug-likeness (QED) is 0.900. The van der Waals surface area contributed by atoms with Gasteiger partial charge in [-0.2, -0.15) is 4.98 Å². The summed E-state index contributed by atoms with van der Waals surface area (Å²) in [5.41, 5.74) is 0.362. The predicted molar refractivity (Wildman–Crippen MR) is 85.3 cm³/mol. The monoisotopic (exact) mass is 336 g/mol. The summed E-state index contributed by atoms with van der Waals surface area (Å²) in [5, 5.41) is 8.90. The van der Waals surface area contributed by atoms with E-state index in [0.29, 0.717) is 18.3 Å². The number of nitrogens with zero attached hydrogens (tertiary/aromatic N) is 3. The highest BCUT2D eigenvalue weighted by molar-refractivity contribution is 7.07. The maximum atomic E-state index is 12.4. The fraction of sp³-hybridized carbons (Fsp3) is 0.600. The number of hydrogen-bond donors (Lipinski definition) is 1. The van der Waals surface area contributed by atoms with Crippen LogP contribution in [-0.4, -0.2) is 20.6 Å². The lowest BCUT2D eigenvalue weighted by molar-refractivity contribution is -0.123. The van der Waals surface area contributed by atoms with Gasteiger partial charge in [0.05, 0.1) is 0 Å². The number of rotatable bonds is 5. The molecule has 1 N–H and O–H groups in total. The van der Waals surface area contributed by atoms with Crippen molar-refractivity contribution in [1.29, 1.82) is 0 Å². The van der Waals surface area contributed by atoms with Crippen LogP contribution in [0.4, 0.5) is 0 Å². The highest BCUT2D eigenvalue weighted by Crippen LogP contribution is 2.37. The minimum Gasteiger partial charge on any atom is -0.343 e. The van der Waals surface area contributed by atoms with Gasteiger partial charge in [0, 0.05) is 31.0 Å². The fourth-order valence-electron chi connectivity index (χ4n) is 3.09. The van der Waals surface area contributed by atoms with E-state index < -0.39 is 5.54 Å². The van der Waals surface area contributed by atoms with Crippen molar-refractivity contribution in [3.63, 3.8) is 0 Å². The summed E-state index contributed by atoms with van der Waals surface area (Å²) in [4.78, 5) is 28.4. The highest BCUT2D eigenvalue weighted by Gasteiger charge is 2.41. The summed E-state index contributed by atoms with van der Waals surface area (Å²) >= 11 is 1.16. The maximum absolute atomic E-state index is 12.4. The summed E-state index contributed by atoms with van der Waals surface area (Å²) in [6.45, 7) is 4.00. The smallest absolute Gasteiger partial charge is 0.307 e. The van der Waals surface area contributed by atoms with Crippen LogP contribution in [0.3, 0.4) is 0 Å². The molecule has 0 bridgehead atoms. The van der Waals surface area contributed by atoms with E-state index in [2.05, 4.69) is 15.5 Å². The van der Waals surface area contributed by atoms with Crippen LogP contribution in [-0.2, 0) is 16.9 Å². The van der Waals surface area contributed by atoms with Gasteiger partial charge in [0.1, 0.15) is 5.54 Å². The van der Waals surface area contributed by atoms with Gasteiger partial charge in [-0.3, -0.25) is 9.59 Å². The first kappa shape index (κ1) is 15.9. The lowest BCUT2D eigenvalue weighted by Crippen LogP contribution is -2.45. The van der Waals surface area contributed by atoms with Crippen molar-refractivity contribution in [3.05, 3.63) is 32.5 Å². The topological polar surface area (TPSA) is 90.0 Å². The predicted octanol–water partition coefficient (Wildman–Crippen LogP) is 1.89. The minimum absolute atomic E-state index is 0.0281. The van der Waals surface area contributed by atoms with Gasteiger partial charge in [0.2, 0.25) is 11.8 Å². The van der Waals surface area contributed by atoms with Crippen LogP contribution in [0, 0.1) is 13.8 Å². The Kier molecular flexibility index (Phi) is 4.34. The van der Waals surface area contributed by atoms with Gasteiger partial charge in [-0.1, -0.05) is 29.3 Å². The molecule has 2 aromatic heterocycles. The van der Waals surface area contributed by atoms with Crippen molar-refractivity contribution >= 4 is 17.2 Å². The van der Waals surface area contributed by atoms with E-state index in [1.165, 1.54) is 0 Å². The first-order valence-electron chi connectivity index (χ1n) is 7.77. The first-order valence-corrected chi connectivity index (χ1v) is 8.65. The van der Waals surface area contributed by atoms with E-state index >= 15 is 0 Å². The fourth-order valence-corrected chi connectivity index (χ4v) is 3.86. The van der Waals surface area contributed by atoms with Crippen molar-refractivity contribution in [2.24, 2.45) is 0 Å². The number of nitrogens with one attached hydrogen (secondary N) is 1. The number of aromatic nitrogens is 3. The normalized spacial score (nSPS) is 16.6. The maximum Gasteiger partial charge on any atom is 0.307 e. The summed E-state index contributed by atoms with van der Waals surface area (Å²) in [7, 11) is 0. The number of aryl methyl sites for hydroxylation is 2. The molecule has 0 unspecified atom stereocenters. The minimum atomic E-state index is -0.524. The summed E-state index contributed by atoms with van der Waals surface area (Å²) in [5.74, 6) is 0.970. The molecule has 0 spiro atoms. The third-order valence-electron chi connectivity index (χ3n) is 4.33. The number of amides is 1. The van der Waals surface area contributed by atoms with E-state index in [0.717, 1.165) is 42.7 Å². The number of thiazole rings is 1. The van der Waals surface area contributed by atoms with Crippen LogP contribution >= 0.6 is 11.3 Å². The van der Waals surface area contributed by atoms with Gasteiger partial charge in [0.15, 0.2) is 5.82 Å². The number of hydrogen-bond acceptors (Lipinski definition) is 6. The Bertz CT molecular complexity index is 755. The van der Waals surface area contributed by atoms with Gasteiger partial charge in [-0.25, -0.2) is 0 Å². The summed E-state index contributed by atoms with van der Waals surface area (Å²) in [6.07, 6.45) is 3.94. The van der Waals surface area contributed by atoms with Crippen LogP contribution in [0.5, 0.6) is 0 Å². The molecule has 0 radical (unpaired) electrons. The first-order chi connectivity index (χ1) is 11.0. The van der Waals surface area contributed by atoms with Crippen molar-refractivity contribution in [2.75, 3.05) is 0 Å². The Morgan fingerprint density at radius 3 is 2.74 bits per heavy atom. The largest absolute Gasteiger partial charge is 0.343 e. The molecule has 3 rings (SSSR count). The average Bonchev–Trinajstić information content (AvgIpc) is 3.21. The molecule has 1 aliphatic carbocycles. The molecular formula is C15H20N4O3S. The molecular weight excluding hydrogens is 316 g/mol. The lowest BCUT2D eigenvalue weighted by Gasteiger charge is -2.26. The van der Waals surface area contributed by atoms with Gasteiger partial charge in [-0.15, -0.1) is 0 Å². The Hall–Kier alpha value is -1.96. The lowest BCUT2D eigenvalue weighted by atomic mass is 9.96. The summed E-state index contributed by atoms with van der Waals surface area (Å²) in [6, 6.07) is 0. The van der Waals surface area contributed by atoms with E-state index in [1.54, 1.807) is 16.9 Å². The third kappa shape index (κ3) is 3.21. The molecule has 0 saturated heterocycles. The van der Waals surface area contributed by atoms with Gasteiger partial charge < -0.3 is 14.4 Å². The second-order valence-electron chi connectivity index (χ2n) is 6.02. The van der Waals surface area contributed by atoms with Gasteiger partial charge in [-0.05, 0) is 19.8 Å². The Labute approximate surface area is 137 Å². The molecule has 8 heteroatoms. The Morgan fingerprint density at radius 2 is 2.17 bits per heavy atom. The van der Waals surface area contributed by atoms with E-state index in [-0.39, 0.29) is 17.2 Å². The van der Waals surface area contributed by atoms with Crippen molar-refractivity contribution in [2.45, 2.75) is 58.0 Å². The van der Waals surface area contributed by atoms with E-state index in [1.807, 2.05) is 6.92 Å². The molecule has 2 heterocycles. The van der Waals surface area contributed by atoms with Crippen LogP contribution in [0.15, 0.2) is 14.7 Å². The molecule has 0 aliphatic heterocycles. The molecule has 7 nitrogen and oxygen atoms in total. The van der Waals surface area contributed by atoms with E-state index in [4.69, 9.17) is 4.52 Å². The SMILES string of the molecule is Cc1nc(C2(NC(=O)CCn3c(C)csc3=O)CCCC2)no1. The zero-order chi connectivity index (χ0) is 16.4. The average molecular weight is 336 g/mol. The second-order valence-corrected chi connectivity index (χ2v) is 6.84. The van der Waals surface area contributed by atoms with Crippen LogP contribution in [0.25, 0.3) is 0 Å². The third-order valence-corrected chi connectivity index (χ3v) is 5.21. The molecule has 1 amide bonds. The number of carbonyl (C=O) groups excluding carboxylic acids is 1. The molecule has 2 aromatic rings. The van der Waals surface area contributed by atoms with Crippen LogP contribution < -0.4 is 10.2 Å². The zero-order valence-electron chi connectivity index (χ0n) is 13.3. The standard InChI is InChI=1S/C15H20N4O3S/c1-10-9-23-14(21)19(10)8-5-12(20)17-15(6-3-4-7-15)13-16-11(2)22-18-13/h9H,3-8H2,1-2H3,(H,17,20). The molecule has 124 valence electrons. The zero-order valence-corrected chi connectivity index (χ0v) is 14.1. The van der Waals surface area contributed by atoms with Crippen molar-refractivity contribution in [3.8, 4) is 0 Å². The molecule has 0 atom stereocenters. The Balaban J connectivity index is 1.69. The van der Waals surface area contributed by atoms with E-state index in [9.17, 15) is 9.59 Å². The van der Waals surface area contributed by atoms with Crippen LogP contribution in [0.1, 0.15) is 49.5 Å². The van der Waals surface area contributed by atoms with Gasteiger partial charge in [0.25, 0.3) is 0 Å². The highest BCUT2D eigenvalue weighted by atomic mass is 32.1. The van der Waals surface area contributed by atoms with Crippen LogP contribution in [0.2, 0.25) is 0 Å². The molecule has 1 saturated carbocycles. The van der Waals surface area contributed by atoms with Gasteiger partial charge >= 0.3 is 4.87 Å². The second kappa shape index (κ2) is 6.27. The summed E-state index contributed by atoms with van der Waals surface area (Å²) < 4.78 is 6.71. The molecule has 0 aromatic carbocycles. The van der Waals surface area contributed by atoms with Crippen molar-refractivity contribution in [1.82, 2.24) is 20.0 Å². The molecule has 23 heavy (non-hydrogen) atoms. The Morgan fingerprint density at radius 1 is 1.43 bits per heavy atom. The van der Waals surface area contributed by atoms with Crippen molar-refractivity contribution < 1.29 is 9.32 Å².